The molecule has 126 valence electrons. The van der Waals surface area contributed by atoms with Crippen molar-refractivity contribution in [1.29, 1.82) is 0 Å². The van der Waals surface area contributed by atoms with E-state index in [9.17, 15) is 15.0 Å². The highest BCUT2D eigenvalue weighted by Gasteiger charge is 2.65. The number of aliphatic hydroxyl groups excluding tert-OH is 2. The Labute approximate surface area is 133 Å². The molecule has 4 nitrogen and oxygen atoms in total. The summed E-state index contributed by atoms with van der Waals surface area (Å²) < 4.78 is 5.75. The van der Waals surface area contributed by atoms with Gasteiger partial charge in [0.2, 0.25) is 0 Å². The number of rotatable bonds is 8. The fourth-order valence-corrected chi connectivity index (χ4v) is 4.45. The van der Waals surface area contributed by atoms with E-state index in [1.807, 2.05) is 6.92 Å². The van der Waals surface area contributed by atoms with Crippen LogP contribution >= 0.6 is 0 Å². The number of allylic oxidation sites excluding steroid dienone is 1. The monoisotopic (exact) mass is 310 g/mol. The highest BCUT2D eigenvalue weighted by Crippen LogP contribution is 2.66. The highest BCUT2D eigenvalue weighted by molar-refractivity contribution is 6.04. The van der Waals surface area contributed by atoms with Gasteiger partial charge in [-0.15, -0.1) is 0 Å². The second-order valence-electron chi connectivity index (χ2n) is 7.72. The van der Waals surface area contributed by atoms with Gasteiger partial charge >= 0.3 is 0 Å². The van der Waals surface area contributed by atoms with Crippen molar-refractivity contribution in [3.63, 3.8) is 0 Å². The lowest BCUT2D eigenvalue weighted by molar-refractivity contribution is -0.128. The fourth-order valence-electron chi connectivity index (χ4n) is 4.45. The average Bonchev–Trinajstić information content (AvgIpc) is 2.84. The van der Waals surface area contributed by atoms with Crippen LogP contribution in [0.3, 0.4) is 0 Å². The van der Waals surface area contributed by atoms with E-state index >= 15 is 0 Å². The van der Waals surface area contributed by atoms with Crippen LogP contribution in [0.4, 0.5) is 0 Å². The topological polar surface area (TPSA) is 66.8 Å². The lowest BCUT2D eigenvalue weighted by Crippen LogP contribution is -2.38. The summed E-state index contributed by atoms with van der Waals surface area (Å²) in [6, 6.07) is 0. The van der Waals surface area contributed by atoms with Gasteiger partial charge in [0.1, 0.15) is 0 Å². The number of carbonyl (C=O) groups excluding carboxylic acids is 1. The van der Waals surface area contributed by atoms with Crippen molar-refractivity contribution in [3.8, 4) is 0 Å². The van der Waals surface area contributed by atoms with Gasteiger partial charge in [-0.25, -0.2) is 0 Å². The third kappa shape index (κ3) is 2.36. The molecule has 0 saturated heterocycles. The van der Waals surface area contributed by atoms with E-state index in [0.717, 1.165) is 18.4 Å². The van der Waals surface area contributed by atoms with Crippen molar-refractivity contribution in [1.82, 2.24) is 0 Å². The van der Waals surface area contributed by atoms with Gasteiger partial charge in [0, 0.05) is 17.4 Å². The van der Waals surface area contributed by atoms with Gasteiger partial charge in [-0.3, -0.25) is 4.79 Å². The van der Waals surface area contributed by atoms with Crippen LogP contribution in [-0.2, 0) is 9.53 Å². The molecule has 0 amide bonds. The first kappa shape index (κ1) is 17.6. The number of Topliss-reactive ketones (excluding diaryl/α,β-unsaturated/α-hetero) is 1. The molecule has 4 heteroatoms. The van der Waals surface area contributed by atoms with E-state index in [0.29, 0.717) is 32.0 Å². The van der Waals surface area contributed by atoms with Crippen molar-refractivity contribution in [2.75, 3.05) is 26.4 Å². The molecule has 0 radical (unpaired) electrons. The number of hydrogen-bond donors (Lipinski definition) is 2. The van der Waals surface area contributed by atoms with Crippen LogP contribution < -0.4 is 0 Å². The lowest BCUT2D eigenvalue weighted by Gasteiger charge is -2.36. The van der Waals surface area contributed by atoms with E-state index < -0.39 is 5.41 Å². The van der Waals surface area contributed by atoms with Crippen molar-refractivity contribution in [2.24, 2.45) is 22.2 Å². The molecule has 2 aliphatic carbocycles. The minimum Gasteiger partial charge on any atom is -0.396 e. The van der Waals surface area contributed by atoms with Gasteiger partial charge in [0.25, 0.3) is 0 Å². The average molecular weight is 310 g/mol. The third-order valence-corrected chi connectivity index (χ3v) is 6.61. The maximum Gasteiger partial charge on any atom is 0.165 e. The molecule has 0 aromatic heterocycles. The van der Waals surface area contributed by atoms with Crippen molar-refractivity contribution in [3.05, 3.63) is 12.2 Å². The van der Waals surface area contributed by atoms with Crippen LogP contribution in [0.2, 0.25) is 0 Å². The summed E-state index contributed by atoms with van der Waals surface area (Å²) in [5, 5.41) is 18.9. The molecule has 2 atom stereocenters. The number of ether oxygens (including phenoxy) is 1. The predicted octanol–water partition coefficient (Wildman–Crippen LogP) is 2.34. The van der Waals surface area contributed by atoms with Crippen LogP contribution in [0.5, 0.6) is 0 Å². The molecule has 22 heavy (non-hydrogen) atoms. The second-order valence-corrected chi connectivity index (χ2v) is 7.72. The standard InChI is InChI=1S/C18H30O4/c1-5-17(10-19,11-20)12-22-9-8-18-7-6-14(16(18,3)4)13(2)15(18)21/h14,19-20H,2,5-12H2,1,3-4H3. The van der Waals surface area contributed by atoms with Gasteiger partial charge in [0.05, 0.1) is 19.8 Å². The molecule has 0 aromatic rings. The molecule has 0 spiro atoms. The quantitative estimate of drug-likeness (QED) is 0.533. The van der Waals surface area contributed by atoms with Gasteiger partial charge in [-0.2, -0.15) is 0 Å². The van der Waals surface area contributed by atoms with Crippen molar-refractivity contribution >= 4 is 5.78 Å². The van der Waals surface area contributed by atoms with Crippen molar-refractivity contribution in [2.45, 2.75) is 46.5 Å². The molecule has 0 heterocycles. The highest BCUT2D eigenvalue weighted by atomic mass is 16.5. The number of carbonyl (C=O) groups is 1. The van der Waals surface area contributed by atoms with Crippen LogP contribution in [0.25, 0.3) is 0 Å². The van der Waals surface area contributed by atoms with E-state index in [1.165, 1.54) is 0 Å². The van der Waals surface area contributed by atoms with E-state index in [2.05, 4.69) is 20.4 Å². The van der Waals surface area contributed by atoms with Gasteiger partial charge in [-0.1, -0.05) is 27.4 Å². The SMILES string of the molecule is C=C1C(=O)C2(CCOCC(CC)(CO)CO)CCC1C2(C)C. The summed E-state index contributed by atoms with van der Waals surface area (Å²) in [7, 11) is 0. The molecule has 2 rings (SSSR count). The molecule has 2 unspecified atom stereocenters. The number of aliphatic hydroxyl groups is 2. The Morgan fingerprint density at radius 1 is 1.36 bits per heavy atom. The summed E-state index contributed by atoms with van der Waals surface area (Å²) in [5.74, 6) is 0.535. The summed E-state index contributed by atoms with van der Waals surface area (Å²) in [5.41, 5.74) is -0.151. The molecule has 0 aromatic carbocycles. The minimum absolute atomic E-state index is 0.0413. The zero-order valence-corrected chi connectivity index (χ0v) is 14.2. The van der Waals surface area contributed by atoms with Crippen LogP contribution in [-0.4, -0.2) is 42.4 Å². The molecular formula is C18H30O4. The molecule has 0 aliphatic heterocycles. The largest absolute Gasteiger partial charge is 0.396 e. The van der Waals surface area contributed by atoms with Gasteiger partial charge < -0.3 is 14.9 Å². The molecule has 2 aliphatic rings. The second kappa shape index (κ2) is 6.06. The Kier molecular flexibility index (Phi) is 4.86. The Balaban J connectivity index is 1.97. The van der Waals surface area contributed by atoms with E-state index in [-0.39, 0.29) is 29.8 Å². The van der Waals surface area contributed by atoms with Gasteiger partial charge in [-0.05, 0) is 42.6 Å². The molecular weight excluding hydrogens is 280 g/mol. The Bertz CT molecular complexity index is 442. The smallest absolute Gasteiger partial charge is 0.165 e. The maximum atomic E-state index is 12.6. The summed E-state index contributed by atoms with van der Waals surface area (Å²) in [6.45, 7) is 10.9. The van der Waals surface area contributed by atoms with E-state index in [4.69, 9.17) is 4.74 Å². The summed E-state index contributed by atoms with van der Waals surface area (Å²) >= 11 is 0. The minimum atomic E-state index is -0.575. The predicted molar refractivity (Wildman–Crippen MR) is 85.4 cm³/mol. The Hall–Kier alpha value is -0.710. The van der Waals surface area contributed by atoms with Crippen LogP contribution in [0.1, 0.15) is 46.5 Å². The number of fused-ring (bicyclic) bond motifs is 2. The third-order valence-electron chi connectivity index (χ3n) is 6.61. The zero-order valence-electron chi connectivity index (χ0n) is 14.2. The first-order valence-corrected chi connectivity index (χ1v) is 8.33. The maximum absolute atomic E-state index is 12.6. The molecule has 2 bridgehead atoms. The normalized spacial score (nSPS) is 30.3. The molecule has 2 N–H and O–H groups in total. The lowest BCUT2D eigenvalue weighted by atomic mass is 9.67. The van der Waals surface area contributed by atoms with E-state index in [1.54, 1.807) is 0 Å². The Morgan fingerprint density at radius 2 is 2.00 bits per heavy atom. The number of hydrogen-bond acceptors (Lipinski definition) is 4. The molecule has 2 fully saturated rings. The van der Waals surface area contributed by atoms with Crippen LogP contribution in [0, 0.1) is 22.2 Å². The molecule has 2 saturated carbocycles. The first-order chi connectivity index (χ1) is 10.3. The zero-order chi connectivity index (χ0) is 16.6. The number of ketones is 1. The van der Waals surface area contributed by atoms with Gasteiger partial charge in [0.15, 0.2) is 5.78 Å². The van der Waals surface area contributed by atoms with Crippen molar-refractivity contribution < 1.29 is 19.7 Å². The summed E-state index contributed by atoms with van der Waals surface area (Å²) in [6.07, 6.45) is 3.33. The summed E-state index contributed by atoms with van der Waals surface area (Å²) in [4.78, 5) is 12.6. The fraction of sp³-hybridized carbons (Fsp3) is 0.833. The van der Waals surface area contributed by atoms with Crippen LogP contribution in [0.15, 0.2) is 12.2 Å². The first-order valence-electron chi connectivity index (χ1n) is 8.33. The Morgan fingerprint density at radius 3 is 2.45 bits per heavy atom.